The van der Waals surface area contributed by atoms with Gasteiger partial charge in [0.15, 0.2) is 0 Å². The Bertz CT molecular complexity index is 784. The molecule has 1 N–H and O–H groups in total. The standard InChI is InChI=1S/C20H21NO5/c1-25-15-9-10-17(22)16(13-15)20(24)26-18(14-7-3-2-4-8-14)19(23)21-11-5-6-12-21/h2-4,7-10,13,18,22H,5-6,11-12H2,1H3/t18-/m1/s1. The number of ether oxygens (including phenoxy) is 2. The first kappa shape index (κ1) is 17.8. The zero-order chi connectivity index (χ0) is 18.5. The van der Waals surface area contributed by atoms with Gasteiger partial charge in [0.2, 0.25) is 6.10 Å². The van der Waals surface area contributed by atoms with Crippen LogP contribution in [-0.2, 0) is 9.53 Å². The van der Waals surface area contributed by atoms with Gasteiger partial charge < -0.3 is 19.5 Å². The maximum atomic E-state index is 12.9. The number of methoxy groups -OCH3 is 1. The second-order valence-electron chi connectivity index (χ2n) is 6.11. The van der Waals surface area contributed by atoms with Gasteiger partial charge in [-0.15, -0.1) is 0 Å². The van der Waals surface area contributed by atoms with Gasteiger partial charge in [-0.05, 0) is 31.0 Å². The number of amides is 1. The number of aromatic hydroxyl groups is 1. The molecule has 1 aliphatic rings. The van der Waals surface area contributed by atoms with Gasteiger partial charge in [-0.3, -0.25) is 4.79 Å². The van der Waals surface area contributed by atoms with Crippen molar-refractivity contribution in [1.82, 2.24) is 4.90 Å². The van der Waals surface area contributed by atoms with E-state index in [-0.39, 0.29) is 17.2 Å². The van der Waals surface area contributed by atoms with Crippen molar-refractivity contribution in [2.24, 2.45) is 0 Å². The lowest BCUT2D eigenvalue weighted by Gasteiger charge is -2.23. The number of rotatable bonds is 5. The number of phenolic OH excluding ortho intramolecular Hbond substituents is 1. The predicted octanol–water partition coefficient (Wildman–Crippen LogP) is 2.92. The smallest absolute Gasteiger partial charge is 0.343 e. The second-order valence-corrected chi connectivity index (χ2v) is 6.11. The summed E-state index contributed by atoms with van der Waals surface area (Å²) in [6.07, 6.45) is 0.836. The lowest BCUT2D eigenvalue weighted by molar-refractivity contribution is -0.140. The molecule has 0 spiro atoms. The van der Waals surface area contributed by atoms with Crippen LogP contribution in [0.25, 0.3) is 0 Å². The lowest BCUT2D eigenvalue weighted by atomic mass is 10.1. The third-order valence-electron chi connectivity index (χ3n) is 4.39. The highest BCUT2D eigenvalue weighted by molar-refractivity contribution is 5.95. The molecular weight excluding hydrogens is 334 g/mol. The summed E-state index contributed by atoms with van der Waals surface area (Å²) in [5, 5.41) is 9.98. The van der Waals surface area contributed by atoms with Crippen LogP contribution in [0.15, 0.2) is 48.5 Å². The highest BCUT2D eigenvalue weighted by Crippen LogP contribution is 2.28. The molecule has 136 valence electrons. The topological polar surface area (TPSA) is 76.1 Å². The Balaban J connectivity index is 1.88. The molecule has 3 rings (SSSR count). The first-order valence-corrected chi connectivity index (χ1v) is 8.52. The van der Waals surface area contributed by atoms with Crippen molar-refractivity contribution in [3.05, 3.63) is 59.7 Å². The Kier molecular flexibility index (Phi) is 5.41. The summed E-state index contributed by atoms with van der Waals surface area (Å²) in [6.45, 7) is 1.31. The minimum atomic E-state index is -1.05. The third-order valence-corrected chi connectivity index (χ3v) is 4.39. The summed E-state index contributed by atoms with van der Waals surface area (Å²) >= 11 is 0. The van der Waals surface area contributed by atoms with E-state index in [2.05, 4.69) is 0 Å². The molecule has 1 saturated heterocycles. The second kappa shape index (κ2) is 7.91. The molecule has 0 saturated carbocycles. The number of carbonyl (C=O) groups is 2. The van der Waals surface area contributed by atoms with E-state index in [0.29, 0.717) is 24.4 Å². The van der Waals surface area contributed by atoms with Crippen LogP contribution in [0.5, 0.6) is 11.5 Å². The maximum absolute atomic E-state index is 12.9. The van der Waals surface area contributed by atoms with Gasteiger partial charge in [-0.1, -0.05) is 30.3 Å². The van der Waals surface area contributed by atoms with Gasteiger partial charge in [0.25, 0.3) is 5.91 Å². The summed E-state index contributed by atoms with van der Waals surface area (Å²) < 4.78 is 10.6. The molecule has 0 aromatic heterocycles. The van der Waals surface area contributed by atoms with Crippen molar-refractivity contribution >= 4 is 11.9 Å². The van der Waals surface area contributed by atoms with Gasteiger partial charge in [0.05, 0.1) is 7.11 Å². The molecule has 2 aromatic rings. The molecule has 0 bridgehead atoms. The van der Waals surface area contributed by atoms with Crippen molar-refractivity contribution in [1.29, 1.82) is 0 Å². The fourth-order valence-corrected chi connectivity index (χ4v) is 2.97. The highest BCUT2D eigenvalue weighted by Gasteiger charge is 2.31. The van der Waals surface area contributed by atoms with Crippen LogP contribution >= 0.6 is 0 Å². The fraction of sp³-hybridized carbons (Fsp3) is 0.300. The van der Waals surface area contributed by atoms with Crippen LogP contribution in [0.1, 0.15) is 34.9 Å². The van der Waals surface area contributed by atoms with Gasteiger partial charge in [-0.25, -0.2) is 4.79 Å². The van der Waals surface area contributed by atoms with Gasteiger partial charge in [0, 0.05) is 18.7 Å². The first-order chi connectivity index (χ1) is 12.6. The largest absolute Gasteiger partial charge is 0.507 e. The number of likely N-dealkylation sites (tertiary alicyclic amines) is 1. The number of esters is 1. The molecule has 0 unspecified atom stereocenters. The monoisotopic (exact) mass is 355 g/mol. The normalized spacial score (nSPS) is 14.7. The van der Waals surface area contributed by atoms with E-state index in [1.807, 2.05) is 6.07 Å². The summed E-state index contributed by atoms with van der Waals surface area (Å²) in [6, 6.07) is 13.2. The quantitative estimate of drug-likeness (QED) is 0.835. The van der Waals surface area contributed by atoms with Crippen LogP contribution < -0.4 is 4.74 Å². The van der Waals surface area contributed by atoms with Crippen molar-refractivity contribution in [2.45, 2.75) is 18.9 Å². The van der Waals surface area contributed by atoms with Crippen LogP contribution in [0.4, 0.5) is 0 Å². The zero-order valence-corrected chi connectivity index (χ0v) is 14.6. The van der Waals surface area contributed by atoms with Gasteiger partial charge >= 0.3 is 5.97 Å². The summed E-state index contributed by atoms with van der Waals surface area (Å²) in [4.78, 5) is 27.2. The minimum absolute atomic E-state index is 0.0421. The number of nitrogens with zero attached hydrogens (tertiary/aromatic N) is 1. The number of phenols is 1. The molecule has 1 atom stereocenters. The molecule has 6 heteroatoms. The van der Waals surface area contributed by atoms with E-state index >= 15 is 0 Å². The summed E-state index contributed by atoms with van der Waals surface area (Å²) in [5.41, 5.74) is 0.555. The fourth-order valence-electron chi connectivity index (χ4n) is 2.97. The molecule has 1 amide bonds. The number of carbonyl (C=O) groups excluding carboxylic acids is 2. The molecule has 1 heterocycles. The van der Waals surface area contributed by atoms with Crippen molar-refractivity contribution < 1.29 is 24.2 Å². The predicted molar refractivity (Wildman–Crippen MR) is 95.1 cm³/mol. The van der Waals surface area contributed by atoms with Crippen molar-refractivity contribution in [3.8, 4) is 11.5 Å². The van der Waals surface area contributed by atoms with E-state index < -0.39 is 12.1 Å². The van der Waals surface area contributed by atoms with E-state index in [4.69, 9.17) is 9.47 Å². The Morgan fingerprint density at radius 2 is 1.77 bits per heavy atom. The molecule has 1 aliphatic heterocycles. The van der Waals surface area contributed by atoms with E-state index in [9.17, 15) is 14.7 Å². The van der Waals surface area contributed by atoms with Crippen LogP contribution in [0, 0.1) is 0 Å². The SMILES string of the molecule is COc1ccc(O)c(C(=O)O[C@@H](C(=O)N2CCCC2)c2ccccc2)c1. The summed E-state index contributed by atoms with van der Waals surface area (Å²) in [5.74, 6) is -0.833. The zero-order valence-electron chi connectivity index (χ0n) is 14.6. The average Bonchev–Trinajstić information content (AvgIpc) is 3.21. The van der Waals surface area contributed by atoms with E-state index in [1.165, 1.54) is 25.3 Å². The van der Waals surface area contributed by atoms with E-state index in [1.54, 1.807) is 29.2 Å². The minimum Gasteiger partial charge on any atom is -0.507 e. The van der Waals surface area contributed by atoms with Crippen LogP contribution in [0.3, 0.4) is 0 Å². The lowest BCUT2D eigenvalue weighted by Crippen LogP contribution is -2.34. The van der Waals surface area contributed by atoms with E-state index in [0.717, 1.165) is 12.8 Å². The third kappa shape index (κ3) is 3.79. The molecular formula is C20H21NO5. The molecule has 0 aliphatic carbocycles. The molecule has 1 fully saturated rings. The Morgan fingerprint density at radius 3 is 2.42 bits per heavy atom. The molecule has 2 aromatic carbocycles. The number of hydrogen-bond acceptors (Lipinski definition) is 5. The number of hydrogen-bond donors (Lipinski definition) is 1. The number of benzene rings is 2. The van der Waals surface area contributed by atoms with Crippen molar-refractivity contribution in [2.75, 3.05) is 20.2 Å². The molecule has 6 nitrogen and oxygen atoms in total. The molecule has 0 radical (unpaired) electrons. The summed E-state index contributed by atoms with van der Waals surface area (Å²) in [7, 11) is 1.46. The van der Waals surface area contributed by atoms with Gasteiger partial charge in [-0.2, -0.15) is 0 Å². The van der Waals surface area contributed by atoms with Crippen molar-refractivity contribution in [3.63, 3.8) is 0 Å². The Hall–Kier alpha value is -3.02. The molecule has 26 heavy (non-hydrogen) atoms. The van der Waals surface area contributed by atoms with Crippen LogP contribution in [0.2, 0.25) is 0 Å². The highest BCUT2D eigenvalue weighted by atomic mass is 16.5. The Labute approximate surface area is 152 Å². The maximum Gasteiger partial charge on any atom is 0.343 e. The van der Waals surface area contributed by atoms with Crippen LogP contribution in [-0.4, -0.2) is 42.1 Å². The average molecular weight is 355 g/mol. The Morgan fingerprint density at radius 1 is 1.08 bits per heavy atom. The first-order valence-electron chi connectivity index (χ1n) is 8.52. The van der Waals surface area contributed by atoms with Gasteiger partial charge in [0.1, 0.15) is 17.1 Å².